The van der Waals surface area contributed by atoms with Gasteiger partial charge in [0.15, 0.2) is 0 Å². The molecule has 0 saturated carbocycles. The second-order valence-electron chi connectivity index (χ2n) is 9.03. The van der Waals surface area contributed by atoms with Gasteiger partial charge in [0.1, 0.15) is 5.75 Å². The zero-order valence-electron chi connectivity index (χ0n) is 19.5. The summed E-state index contributed by atoms with van der Waals surface area (Å²) >= 11 is 0. The van der Waals surface area contributed by atoms with Crippen LogP contribution in [0.3, 0.4) is 0 Å². The van der Waals surface area contributed by atoms with Gasteiger partial charge in [-0.05, 0) is 37.6 Å². The molecule has 0 radical (unpaired) electrons. The maximum absolute atomic E-state index is 13.1. The summed E-state index contributed by atoms with van der Waals surface area (Å²) in [5, 5.41) is 3.09. The average Bonchev–Trinajstić information content (AvgIpc) is 2.84. The summed E-state index contributed by atoms with van der Waals surface area (Å²) in [7, 11) is 5.42. The van der Waals surface area contributed by atoms with Gasteiger partial charge in [-0.1, -0.05) is 18.6 Å². The Morgan fingerprint density at radius 3 is 2.59 bits per heavy atom. The van der Waals surface area contributed by atoms with Crippen molar-refractivity contribution < 1.29 is 19.1 Å². The van der Waals surface area contributed by atoms with Crippen LogP contribution >= 0.6 is 0 Å². The highest BCUT2D eigenvalue weighted by Gasteiger charge is 2.31. The van der Waals surface area contributed by atoms with Crippen molar-refractivity contribution in [2.45, 2.75) is 38.1 Å². The van der Waals surface area contributed by atoms with Crippen LogP contribution in [0.1, 0.15) is 31.2 Å². The van der Waals surface area contributed by atoms with Gasteiger partial charge in [0.25, 0.3) is 0 Å². The lowest BCUT2D eigenvalue weighted by molar-refractivity contribution is -0.142. The van der Waals surface area contributed by atoms with Crippen molar-refractivity contribution in [2.75, 3.05) is 53.9 Å². The predicted octanol–water partition coefficient (Wildman–Crippen LogP) is 1.15. The summed E-state index contributed by atoms with van der Waals surface area (Å²) in [6, 6.07) is 7.34. The number of amides is 3. The summed E-state index contributed by atoms with van der Waals surface area (Å²) in [5.74, 6) is 0.430. The van der Waals surface area contributed by atoms with Crippen LogP contribution in [0.5, 0.6) is 5.75 Å². The third kappa shape index (κ3) is 6.69. The fraction of sp³-hybridized carbons (Fsp3) is 0.625. The van der Waals surface area contributed by atoms with Crippen LogP contribution in [0, 0.1) is 5.92 Å². The van der Waals surface area contributed by atoms with Crippen molar-refractivity contribution in [3.8, 4) is 5.75 Å². The van der Waals surface area contributed by atoms with Gasteiger partial charge in [0.05, 0.1) is 13.5 Å². The fourth-order valence-corrected chi connectivity index (χ4v) is 4.46. The Kier molecular flexibility index (Phi) is 8.50. The monoisotopic (exact) mass is 444 g/mol. The minimum atomic E-state index is -0.278. The smallest absolute Gasteiger partial charge is 0.226 e. The molecule has 2 fully saturated rings. The molecular formula is C24H36N4O4. The van der Waals surface area contributed by atoms with E-state index in [0.717, 1.165) is 50.3 Å². The van der Waals surface area contributed by atoms with E-state index in [1.807, 2.05) is 29.2 Å². The molecule has 0 spiro atoms. The van der Waals surface area contributed by atoms with Crippen LogP contribution in [0.2, 0.25) is 0 Å². The number of nitrogens with one attached hydrogen (secondary N) is 1. The number of carbonyl (C=O) groups excluding carboxylic acids is 3. The van der Waals surface area contributed by atoms with E-state index in [2.05, 4.69) is 17.3 Å². The standard InChI is InChI=1S/C24H36N4O4/c1-26-10-12-28(13-11-26)24(31)19-7-5-8-20(17-27(2)23(30)16-19)25-22(29)15-18-6-4-9-21(14-18)32-3/h4,6,9,14,19-20H,5,7-8,10-13,15-17H2,1-3H3,(H,25,29). The van der Waals surface area contributed by atoms with Gasteiger partial charge in [-0.3, -0.25) is 14.4 Å². The number of piperazine rings is 1. The number of likely N-dealkylation sites (N-methyl/N-ethyl adjacent to an activating group) is 2. The quantitative estimate of drug-likeness (QED) is 0.737. The fourth-order valence-electron chi connectivity index (χ4n) is 4.46. The van der Waals surface area contributed by atoms with Crippen LogP contribution in [-0.4, -0.2) is 92.4 Å². The van der Waals surface area contributed by atoms with E-state index < -0.39 is 0 Å². The molecule has 8 heteroatoms. The number of nitrogens with zero attached hydrogens (tertiary/aromatic N) is 3. The normalized spacial score (nSPS) is 23.2. The van der Waals surface area contributed by atoms with Gasteiger partial charge in [0, 0.05) is 58.2 Å². The van der Waals surface area contributed by atoms with Crippen LogP contribution in [0.25, 0.3) is 0 Å². The van der Waals surface area contributed by atoms with Gasteiger partial charge in [-0.15, -0.1) is 0 Å². The predicted molar refractivity (Wildman–Crippen MR) is 122 cm³/mol. The number of carbonyl (C=O) groups is 3. The Labute approximate surface area is 190 Å². The molecule has 0 aliphatic carbocycles. The molecule has 2 aliphatic heterocycles. The molecule has 3 amide bonds. The van der Waals surface area contributed by atoms with E-state index in [1.165, 1.54) is 0 Å². The largest absolute Gasteiger partial charge is 0.497 e. The number of hydrogen-bond donors (Lipinski definition) is 1. The first-order chi connectivity index (χ1) is 15.4. The molecule has 2 heterocycles. The zero-order valence-corrected chi connectivity index (χ0v) is 19.5. The number of hydrogen-bond acceptors (Lipinski definition) is 5. The summed E-state index contributed by atoms with van der Waals surface area (Å²) in [4.78, 5) is 44.3. The molecule has 2 saturated heterocycles. The van der Waals surface area contributed by atoms with Gasteiger partial charge in [0.2, 0.25) is 17.7 Å². The van der Waals surface area contributed by atoms with Crippen molar-refractivity contribution in [1.29, 1.82) is 0 Å². The maximum atomic E-state index is 13.1. The van der Waals surface area contributed by atoms with Crippen molar-refractivity contribution in [3.05, 3.63) is 29.8 Å². The molecule has 0 bridgehead atoms. The molecule has 0 aromatic heterocycles. The van der Waals surface area contributed by atoms with Crippen molar-refractivity contribution in [1.82, 2.24) is 20.0 Å². The average molecular weight is 445 g/mol. The summed E-state index contributed by atoms with van der Waals surface area (Å²) in [6.45, 7) is 3.64. The number of ether oxygens (including phenoxy) is 1. The molecule has 32 heavy (non-hydrogen) atoms. The Morgan fingerprint density at radius 1 is 1.12 bits per heavy atom. The van der Waals surface area contributed by atoms with E-state index in [4.69, 9.17) is 4.74 Å². The van der Waals surface area contributed by atoms with Crippen LogP contribution < -0.4 is 10.1 Å². The van der Waals surface area contributed by atoms with Crippen molar-refractivity contribution in [3.63, 3.8) is 0 Å². The van der Waals surface area contributed by atoms with Gasteiger partial charge >= 0.3 is 0 Å². The number of rotatable bonds is 5. The summed E-state index contributed by atoms with van der Waals surface area (Å²) in [6.07, 6.45) is 2.72. The van der Waals surface area contributed by atoms with E-state index in [1.54, 1.807) is 19.1 Å². The third-order valence-electron chi connectivity index (χ3n) is 6.47. The van der Waals surface area contributed by atoms with Crippen LogP contribution in [0.4, 0.5) is 0 Å². The number of benzene rings is 1. The maximum Gasteiger partial charge on any atom is 0.226 e. The van der Waals surface area contributed by atoms with Crippen molar-refractivity contribution >= 4 is 17.7 Å². The van der Waals surface area contributed by atoms with Gasteiger partial charge in [-0.25, -0.2) is 0 Å². The highest BCUT2D eigenvalue weighted by molar-refractivity contribution is 5.86. The lowest BCUT2D eigenvalue weighted by Crippen LogP contribution is -2.49. The molecule has 3 rings (SSSR count). The molecule has 1 aromatic rings. The molecular weight excluding hydrogens is 408 g/mol. The lowest BCUT2D eigenvalue weighted by Gasteiger charge is -2.34. The summed E-state index contributed by atoms with van der Waals surface area (Å²) in [5.41, 5.74) is 0.882. The second-order valence-corrected chi connectivity index (χ2v) is 9.03. The number of methoxy groups -OCH3 is 1. The zero-order chi connectivity index (χ0) is 23.1. The second kappa shape index (κ2) is 11.3. The van der Waals surface area contributed by atoms with Gasteiger partial charge < -0.3 is 24.8 Å². The molecule has 2 atom stereocenters. The van der Waals surface area contributed by atoms with E-state index in [9.17, 15) is 14.4 Å². The third-order valence-corrected chi connectivity index (χ3v) is 6.47. The Bertz CT molecular complexity index is 807. The van der Waals surface area contributed by atoms with Crippen LogP contribution in [-0.2, 0) is 20.8 Å². The molecule has 1 N–H and O–H groups in total. The van der Waals surface area contributed by atoms with E-state index >= 15 is 0 Å². The molecule has 2 aliphatic rings. The first kappa shape index (κ1) is 24.0. The Hall–Kier alpha value is -2.61. The lowest BCUT2D eigenvalue weighted by atomic mass is 9.95. The Balaban J connectivity index is 1.57. The molecule has 176 valence electrons. The first-order valence-electron chi connectivity index (χ1n) is 11.5. The highest BCUT2D eigenvalue weighted by Crippen LogP contribution is 2.22. The molecule has 8 nitrogen and oxygen atoms in total. The minimum absolute atomic E-state index is 0.0357. The van der Waals surface area contributed by atoms with Crippen molar-refractivity contribution in [2.24, 2.45) is 5.92 Å². The van der Waals surface area contributed by atoms with E-state index in [0.29, 0.717) is 13.0 Å². The highest BCUT2D eigenvalue weighted by atomic mass is 16.5. The molecule has 1 aromatic carbocycles. The Morgan fingerprint density at radius 2 is 1.88 bits per heavy atom. The van der Waals surface area contributed by atoms with E-state index in [-0.39, 0.29) is 42.5 Å². The SMILES string of the molecule is COc1cccc(CC(=O)NC2CCCC(C(=O)N3CCN(C)CC3)CC(=O)N(C)C2)c1. The topological polar surface area (TPSA) is 82.2 Å². The summed E-state index contributed by atoms with van der Waals surface area (Å²) < 4.78 is 5.23. The first-order valence-corrected chi connectivity index (χ1v) is 11.5. The van der Waals surface area contributed by atoms with Gasteiger partial charge in [-0.2, -0.15) is 0 Å². The molecule has 2 unspecified atom stereocenters. The minimum Gasteiger partial charge on any atom is -0.497 e. The van der Waals surface area contributed by atoms with Crippen LogP contribution in [0.15, 0.2) is 24.3 Å².